The molecule has 0 saturated heterocycles. The summed E-state index contributed by atoms with van der Waals surface area (Å²) in [7, 11) is -0.896. The van der Waals surface area contributed by atoms with Gasteiger partial charge >= 0.3 is 0 Å². The summed E-state index contributed by atoms with van der Waals surface area (Å²) < 4.78 is 11.4. The summed E-state index contributed by atoms with van der Waals surface area (Å²) in [4.78, 5) is 0.887. The number of nitrogens with one attached hydrogen (secondary N) is 1. The predicted octanol–water partition coefficient (Wildman–Crippen LogP) is 3.20. The first-order valence-corrected chi connectivity index (χ1v) is 8.48. The van der Waals surface area contributed by atoms with Crippen LogP contribution in [-0.2, 0) is 22.9 Å². The van der Waals surface area contributed by atoms with Crippen LogP contribution in [0.4, 0.5) is 0 Å². The zero-order valence-corrected chi connectivity index (χ0v) is 12.5. The Balaban J connectivity index is 1.66. The molecule has 2 nitrogen and oxygen atoms in total. The van der Waals surface area contributed by atoms with Gasteiger partial charge in [0.2, 0.25) is 0 Å². The second-order valence-corrected chi connectivity index (χ2v) is 6.78. The van der Waals surface area contributed by atoms with Crippen LogP contribution in [0.1, 0.15) is 24.0 Å². The van der Waals surface area contributed by atoms with Crippen LogP contribution in [0.5, 0.6) is 0 Å². The molecule has 1 saturated carbocycles. The van der Waals surface area contributed by atoms with Gasteiger partial charge in [-0.05, 0) is 36.1 Å². The molecule has 1 aliphatic carbocycles. The number of hydrogen-bond acceptors (Lipinski definition) is 2. The van der Waals surface area contributed by atoms with Gasteiger partial charge in [0.15, 0.2) is 0 Å². The minimum Gasteiger partial charge on any atom is -0.303 e. The van der Waals surface area contributed by atoms with Crippen molar-refractivity contribution in [3.63, 3.8) is 0 Å². The van der Waals surface area contributed by atoms with Gasteiger partial charge in [0, 0.05) is 34.0 Å². The third kappa shape index (κ3) is 2.84. The Morgan fingerprint density at radius 3 is 2.25 bits per heavy atom. The summed E-state index contributed by atoms with van der Waals surface area (Å²) in [6, 6.07) is 18.7. The van der Waals surface area contributed by atoms with Crippen molar-refractivity contribution in [2.75, 3.05) is 6.26 Å². The van der Waals surface area contributed by atoms with E-state index in [0.717, 1.165) is 11.4 Å². The van der Waals surface area contributed by atoms with Crippen LogP contribution in [0.15, 0.2) is 59.5 Å². The van der Waals surface area contributed by atoms with Crippen molar-refractivity contribution in [2.45, 2.75) is 29.8 Å². The van der Waals surface area contributed by atoms with Crippen molar-refractivity contribution < 1.29 is 4.21 Å². The lowest BCUT2D eigenvalue weighted by molar-refractivity contribution is 0.518. The summed E-state index contributed by atoms with van der Waals surface area (Å²) in [6.45, 7) is 0.853. The molecule has 2 aromatic rings. The summed E-state index contributed by atoms with van der Waals surface area (Å²) >= 11 is 0. The van der Waals surface area contributed by atoms with Gasteiger partial charge in [0.25, 0.3) is 0 Å². The number of benzene rings is 2. The van der Waals surface area contributed by atoms with E-state index in [4.69, 9.17) is 0 Å². The molecule has 1 N–H and O–H groups in total. The van der Waals surface area contributed by atoms with Gasteiger partial charge in [-0.15, -0.1) is 0 Å². The first-order chi connectivity index (χ1) is 9.70. The fraction of sp³-hybridized carbons (Fsp3) is 0.294. The quantitative estimate of drug-likeness (QED) is 0.914. The maximum absolute atomic E-state index is 11.4. The molecule has 0 heterocycles. The van der Waals surface area contributed by atoms with Gasteiger partial charge in [-0.2, -0.15) is 0 Å². The molecule has 0 radical (unpaired) electrons. The molecule has 2 aromatic carbocycles. The Bertz CT molecular complexity index is 603. The van der Waals surface area contributed by atoms with E-state index < -0.39 is 10.8 Å². The molecule has 0 amide bonds. The van der Waals surface area contributed by atoms with Crippen molar-refractivity contribution >= 4 is 10.8 Å². The second kappa shape index (κ2) is 5.51. The maximum Gasteiger partial charge on any atom is 0.0498 e. The molecule has 0 unspecified atom stereocenters. The summed E-state index contributed by atoms with van der Waals surface area (Å²) in [6.07, 6.45) is 4.12. The first-order valence-electron chi connectivity index (χ1n) is 6.93. The third-order valence-corrected chi connectivity index (χ3v) is 4.90. The Morgan fingerprint density at radius 2 is 1.70 bits per heavy atom. The highest BCUT2D eigenvalue weighted by Gasteiger charge is 2.43. The lowest BCUT2D eigenvalue weighted by Gasteiger charge is -2.18. The van der Waals surface area contributed by atoms with Crippen LogP contribution < -0.4 is 5.32 Å². The smallest absolute Gasteiger partial charge is 0.0498 e. The predicted molar refractivity (Wildman–Crippen MR) is 83.0 cm³/mol. The topological polar surface area (TPSA) is 29.1 Å². The minimum absolute atomic E-state index is 0.174. The molecule has 3 rings (SSSR count). The molecule has 0 aliphatic heterocycles. The fourth-order valence-electron chi connectivity index (χ4n) is 2.52. The van der Waals surface area contributed by atoms with Gasteiger partial charge in [-0.3, -0.25) is 4.21 Å². The first kappa shape index (κ1) is 13.5. The van der Waals surface area contributed by atoms with E-state index >= 15 is 0 Å². The standard InChI is InChI=1S/C17H19NOS/c1-20(19)16-9-7-14(8-10-16)13-18-17(11-12-17)15-5-3-2-4-6-15/h2-10,18H,11-13H2,1H3/t20-/m0/s1. The van der Waals surface area contributed by atoms with Crippen molar-refractivity contribution in [1.82, 2.24) is 5.32 Å². The van der Waals surface area contributed by atoms with Gasteiger partial charge < -0.3 is 5.32 Å². The lowest BCUT2D eigenvalue weighted by Crippen LogP contribution is -2.28. The molecule has 0 spiro atoms. The molecular formula is C17H19NOS. The van der Waals surface area contributed by atoms with Crippen molar-refractivity contribution in [1.29, 1.82) is 0 Å². The summed E-state index contributed by atoms with van der Waals surface area (Å²) in [5, 5.41) is 3.68. The largest absolute Gasteiger partial charge is 0.303 e. The fourth-order valence-corrected chi connectivity index (χ4v) is 3.04. The van der Waals surface area contributed by atoms with Crippen LogP contribution in [0.25, 0.3) is 0 Å². The molecular weight excluding hydrogens is 266 g/mol. The van der Waals surface area contributed by atoms with Gasteiger partial charge in [-0.25, -0.2) is 0 Å². The molecule has 104 valence electrons. The van der Waals surface area contributed by atoms with E-state index in [0.29, 0.717) is 0 Å². The molecule has 1 atom stereocenters. The van der Waals surface area contributed by atoms with E-state index in [1.807, 2.05) is 12.1 Å². The Kier molecular flexibility index (Phi) is 3.72. The van der Waals surface area contributed by atoms with E-state index in [2.05, 4.69) is 47.8 Å². The highest BCUT2D eigenvalue weighted by molar-refractivity contribution is 7.84. The van der Waals surface area contributed by atoms with E-state index in [9.17, 15) is 4.21 Å². The average molecular weight is 285 g/mol. The average Bonchev–Trinajstić information content (AvgIpc) is 3.28. The minimum atomic E-state index is -0.896. The Morgan fingerprint density at radius 1 is 1.05 bits per heavy atom. The monoisotopic (exact) mass is 285 g/mol. The third-order valence-electron chi connectivity index (χ3n) is 3.96. The van der Waals surface area contributed by atoms with Crippen LogP contribution in [-0.4, -0.2) is 10.5 Å². The van der Waals surface area contributed by atoms with Gasteiger partial charge in [0.05, 0.1) is 0 Å². The summed E-state index contributed by atoms with van der Waals surface area (Å²) in [5.74, 6) is 0. The molecule has 20 heavy (non-hydrogen) atoms. The van der Waals surface area contributed by atoms with Crippen LogP contribution in [0.3, 0.4) is 0 Å². The highest BCUT2D eigenvalue weighted by atomic mass is 32.2. The SMILES string of the molecule is C[S@](=O)c1ccc(CNC2(c3ccccc3)CC2)cc1. The van der Waals surface area contributed by atoms with E-state index in [-0.39, 0.29) is 5.54 Å². The molecule has 3 heteroatoms. The van der Waals surface area contributed by atoms with Gasteiger partial charge in [-0.1, -0.05) is 42.5 Å². The molecule has 0 bridgehead atoms. The zero-order chi connectivity index (χ0) is 14.0. The van der Waals surface area contributed by atoms with Crippen LogP contribution >= 0.6 is 0 Å². The zero-order valence-electron chi connectivity index (χ0n) is 11.6. The summed E-state index contributed by atoms with van der Waals surface area (Å²) in [5.41, 5.74) is 2.79. The van der Waals surface area contributed by atoms with Crippen molar-refractivity contribution in [3.8, 4) is 0 Å². The normalized spacial score (nSPS) is 17.6. The van der Waals surface area contributed by atoms with Crippen LogP contribution in [0.2, 0.25) is 0 Å². The molecule has 1 fully saturated rings. The highest BCUT2D eigenvalue weighted by Crippen LogP contribution is 2.45. The van der Waals surface area contributed by atoms with E-state index in [1.54, 1.807) is 6.26 Å². The maximum atomic E-state index is 11.4. The number of hydrogen-bond donors (Lipinski definition) is 1. The van der Waals surface area contributed by atoms with Gasteiger partial charge in [0.1, 0.15) is 0 Å². The molecule has 1 aliphatic rings. The van der Waals surface area contributed by atoms with Crippen molar-refractivity contribution in [3.05, 3.63) is 65.7 Å². The Labute approximate surface area is 122 Å². The lowest BCUT2D eigenvalue weighted by atomic mass is 10.0. The second-order valence-electron chi connectivity index (χ2n) is 5.40. The Hall–Kier alpha value is -1.45. The number of rotatable bonds is 5. The van der Waals surface area contributed by atoms with Crippen molar-refractivity contribution in [2.24, 2.45) is 0 Å². The molecule has 0 aromatic heterocycles. The van der Waals surface area contributed by atoms with Crippen LogP contribution in [0, 0.1) is 0 Å². The van der Waals surface area contributed by atoms with E-state index in [1.165, 1.54) is 24.0 Å².